The van der Waals surface area contributed by atoms with E-state index < -0.39 is 0 Å². The second-order valence-corrected chi connectivity index (χ2v) is 9.67. The van der Waals surface area contributed by atoms with E-state index in [0.29, 0.717) is 0 Å². The number of piperazine rings is 1. The minimum absolute atomic E-state index is 0.0840. The maximum Gasteiger partial charge on any atom is 0.219 e. The number of nitrogens with zero attached hydrogens (tertiary/aromatic N) is 2. The Morgan fingerprint density at radius 2 is 1.71 bits per heavy atom. The lowest BCUT2D eigenvalue weighted by Crippen LogP contribution is -2.48. The van der Waals surface area contributed by atoms with Crippen LogP contribution in [0.1, 0.15) is 46.2 Å². The van der Waals surface area contributed by atoms with Crippen LogP contribution in [0.2, 0.25) is 0 Å². The minimum atomic E-state index is -0.0840. The zero-order valence-corrected chi connectivity index (χ0v) is 16.4. The van der Waals surface area contributed by atoms with Gasteiger partial charge in [0, 0.05) is 49.6 Å². The van der Waals surface area contributed by atoms with Gasteiger partial charge in [-0.15, -0.1) is 10.7 Å². The van der Waals surface area contributed by atoms with Crippen molar-refractivity contribution >= 4 is 28.1 Å². The van der Waals surface area contributed by atoms with Gasteiger partial charge in [-0.1, -0.05) is 38.8 Å². The molecule has 4 nitrogen and oxygen atoms in total. The molecular weight excluding hydrogens is 318 g/mol. The fourth-order valence-electron chi connectivity index (χ4n) is 2.71. The summed E-state index contributed by atoms with van der Waals surface area (Å²) in [6.45, 7) is 13.9. The minimum Gasteiger partial charge on any atom is -0.368 e. The van der Waals surface area contributed by atoms with Crippen molar-refractivity contribution in [3.8, 4) is 0 Å². The van der Waals surface area contributed by atoms with Crippen LogP contribution in [0.4, 0.5) is 5.69 Å². The van der Waals surface area contributed by atoms with E-state index in [2.05, 4.69) is 67.5 Å². The standard InChI is InChI=1S/C19H31N3OS/c1-15(20-24(6)19(3,4)5)17-7-9-18(10-8-17)22-13-11-21(12-14-22)16(2)23/h7-10,15,20H,6,11-14H2,1-5H3/t15-,24?/m0/s1. The van der Waals surface area contributed by atoms with Gasteiger partial charge in [-0.05, 0) is 24.6 Å². The summed E-state index contributed by atoms with van der Waals surface area (Å²) in [5.74, 6) is 4.44. The predicted molar refractivity (Wildman–Crippen MR) is 107 cm³/mol. The molecule has 0 spiro atoms. The summed E-state index contributed by atoms with van der Waals surface area (Å²) in [7, 11) is -0.0840. The third kappa shape index (κ3) is 4.84. The summed E-state index contributed by atoms with van der Waals surface area (Å²) < 4.78 is 3.78. The Labute approximate surface area is 149 Å². The van der Waals surface area contributed by atoms with Crippen LogP contribution in [-0.4, -0.2) is 47.6 Å². The molecule has 1 aromatic rings. The van der Waals surface area contributed by atoms with Crippen molar-refractivity contribution in [3.05, 3.63) is 29.8 Å². The van der Waals surface area contributed by atoms with Gasteiger partial charge in [0.15, 0.2) is 0 Å². The molecule has 0 radical (unpaired) electrons. The zero-order chi connectivity index (χ0) is 17.9. The van der Waals surface area contributed by atoms with E-state index in [4.69, 9.17) is 0 Å². The van der Waals surface area contributed by atoms with Crippen LogP contribution < -0.4 is 9.62 Å². The molecule has 0 aromatic heterocycles. The highest BCUT2D eigenvalue weighted by Crippen LogP contribution is 2.30. The molecule has 1 saturated heterocycles. The first kappa shape index (κ1) is 19.0. The van der Waals surface area contributed by atoms with Crippen molar-refractivity contribution in [2.24, 2.45) is 0 Å². The van der Waals surface area contributed by atoms with Crippen LogP contribution in [0.25, 0.3) is 0 Å². The van der Waals surface area contributed by atoms with Crippen LogP contribution in [0.15, 0.2) is 24.3 Å². The molecule has 0 aliphatic carbocycles. The smallest absolute Gasteiger partial charge is 0.219 e. The van der Waals surface area contributed by atoms with Crippen LogP contribution in [0.5, 0.6) is 0 Å². The number of hydrogen-bond donors (Lipinski definition) is 1. The highest BCUT2D eigenvalue weighted by atomic mass is 32.2. The summed E-state index contributed by atoms with van der Waals surface area (Å²) in [4.78, 5) is 15.7. The summed E-state index contributed by atoms with van der Waals surface area (Å²) in [5, 5.41) is 0. The van der Waals surface area contributed by atoms with E-state index in [1.54, 1.807) is 6.92 Å². The summed E-state index contributed by atoms with van der Waals surface area (Å²) in [5.41, 5.74) is 2.52. The molecule has 134 valence electrons. The number of carbonyl (C=O) groups is 1. The zero-order valence-electron chi connectivity index (χ0n) is 15.6. The van der Waals surface area contributed by atoms with E-state index >= 15 is 0 Å². The quantitative estimate of drug-likeness (QED) is 0.846. The highest BCUT2D eigenvalue weighted by Gasteiger charge is 2.19. The number of rotatable bonds is 4. The maximum absolute atomic E-state index is 11.4. The predicted octanol–water partition coefficient (Wildman–Crippen LogP) is 3.42. The monoisotopic (exact) mass is 349 g/mol. The molecule has 1 aliphatic rings. The molecule has 1 aromatic carbocycles. The lowest BCUT2D eigenvalue weighted by Gasteiger charge is -2.35. The number of anilines is 1. The average Bonchev–Trinajstić information content (AvgIpc) is 2.54. The van der Waals surface area contributed by atoms with E-state index in [9.17, 15) is 4.79 Å². The number of nitrogens with one attached hydrogen (secondary N) is 1. The Hall–Kier alpha value is -1.33. The Bertz CT molecular complexity index is 584. The second kappa shape index (κ2) is 7.70. The number of amides is 1. The summed E-state index contributed by atoms with van der Waals surface area (Å²) in [6, 6.07) is 9.06. The molecule has 24 heavy (non-hydrogen) atoms. The fraction of sp³-hybridized carbons (Fsp3) is 0.579. The van der Waals surface area contributed by atoms with Crippen LogP contribution in [0.3, 0.4) is 0 Å². The van der Waals surface area contributed by atoms with Gasteiger partial charge in [0.1, 0.15) is 0 Å². The Kier molecular flexibility index (Phi) is 6.10. The summed E-state index contributed by atoms with van der Waals surface area (Å²) >= 11 is 0. The molecule has 2 atom stereocenters. The molecule has 5 heteroatoms. The maximum atomic E-state index is 11.4. The van der Waals surface area contributed by atoms with Gasteiger partial charge in [-0.2, -0.15) is 0 Å². The Morgan fingerprint density at radius 1 is 1.17 bits per heavy atom. The Morgan fingerprint density at radius 3 is 2.17 bits per heavy atom. The van der Waals surface area contributed by atoms with Gasteiger partial charge in [0.05, 0.1) is 0 Å². The van der Waals surface area contributed by atoms with Gasteiger partial charge in [-0.3, -0.25) is 9.52 Å². The number of benzene rings is 1. The van der Waals surface area contributed by atoms with E-state index in [1.807, 2.05) is 4.90 Å². The first-order chi connectivity index (χ1) is 11.2. The van der Waals surface area contributed by atoms with Gasteiger partial charge in [-0.25, -0.2) is 0 Å². The van der Waals surface area contributed by atoms with Gasteiger partial charge in [0.25, 0.3) is 0 Å². The van der Waals surface area contributed by atoms with Crippen LogP contribution in [-0.2, 0) is 4.79 Å². The van der Waals surface area contributed by atoms with Crippen molar-refractivity contribution in [1.29, 1.82) is 0 Å². The molecule has 1 N–H and O–H groups in total. The normalized spacial score (nSPS) is 18.4. The first-order valence-corrected chi connectivity index (χ1v) is 9.98. The van der Waals surface area contributed by atoms with Crippen LogP contribution >= 0.6 is 10.7 Å². The van der Waals surface area contributed by atoms with Crippen molar-refractivity contribution in [3.63, 3.8) is 0 Å². The van der Waals surface area contributed by atoms with E-state index in [1.165, 1.54) is 11.3 Å². The van der Waals surface area contributed by atoms with Crippen molar-refractivity contribution in [2.45, 2.75) is 45.4 Å². The number of carbonyl (C=O) groups excluding carboxylic acids is 1. The third-order valence-electron chi connectivity index (χ3n) is 4.54. The SMILES string of the molecule is C=S(N[C@@H](C)c1ccc(N2CCN(C(C)=O)CC2)cc1)C(C)(C)C. The van der Waals surface area contributed by atoms with E-state index in [-0.39, 0.29) is 27.4 Å². The topological polar surface area (TPSA) is 35.6 Å². The van der Waals surface area contributed by atoms with Crippen molar-refractivity contribution in [2.75, 3.05) is 31.1 Å². The van der Waals surface area contributed by atoms with E-state index in [0.717, 1.165) is 26.2 Å². The molecule has 0 saturated carbocycles. The second-order valence-electron chi connectivity index (χ2n) is 7.43. The molecule has 1 aliphatic heterocycles. The molecule has 0 bridgehead atoms. The largest absolute Gasteiger partial charge is 0.368 e. The summed E-state index contributed by atoms with van der Waals surface area (Å²) in [6.07, 6.45) is 0. The molecular formula is C19H31N3OS. The van der Waals surface area contributed by atoms with Gasteiger partial charge >= 0.3 is 0 Å². The highest BCUT2D eigenvalue weighted by molar-refractivity contribution is 8.13. The average molecular weight is 350 g/mol. The van der Waals surface area contributed by atoms with Crippen molar-refractivity contribution in [1.82, 2.24) is 9.62 Å². The molecule has 1 fully saturated rings. The van der Waals surface area contributed by atoms with Gasteiger partial charge < -0.3 is 9.80 Å². The van der Waals surface area contributed by atoms with Crippen molar-refractivity contribution < 1.29 is 4.79 Å². The third-order valence-corrected chi connectivity index (χ3v) is 6.66. The molecule has 1 amide bonds. The lowest BCUT2D eigenvalue weighted by molar-refractivity contribution is -0.129. The Balaban J connectivity index is 1.96. The number of hydrogen-bond acceptors (Lipinski definition) is 3. The lowest BCUT2D eigenvalue weighted by atomic mass is 10.1. The molecule has 1 heterocycles. The van der Waals surface area contributed by atoms with Crippen LogP contribution in [0, 0.1) is 0 Å². The van der Waals surface area contributed by atoms with Gasteiger partial charge in [0.2, 0.25) is 5.91 Å². The molecule has 2 rings (SSSR count). The molecule has 1 unspecified atom stereocenters. The first-order valence-electron chi connectivity index (χ1n) is 8.59. The fourth-order valence-corrected chi connectivity index (χ4v) is 3.63.